The highest BCUT2D eigenvalue weighted by atomic mass is 35.5. The van der Waals surface area contributed by atoms with Crippen molar-refractivity contribution in [3.05, 3.63) is 93.6 Å². The smallest absolute Gasteiger partial charge is 0.291 e. The van der Waals surface area contributed by atoms with E-state index in [2.05, 4.69) is 10.3 Å². The van der Waals surface area contributed by atoms with Crippen molar-refractivity contribution in [2.45, 2.75) is 0 Å². The van der Waals surface area contributed by atoms with Crippen LogP contribution in [0.1, 0.15) is 10.6 Å². The lowest BCUT2D eigenvalue weighted by Crippen LogP contribution is -2.10. The van der Waals surface area contributed by atoms with Crippen LogP contribution in [-0.2, 0) is 0 Å². The molecule has 158 valence electrons. The minimum absolute atomic E-state index is 0.150. The zero-order valence-corrected chi connectivity index (χ0v) is 19.3. The van der Waals surface area contributed by atoms with Crippen LogP contribution >= 0.6 is 46.1 Å². The second-order valence-corrected chi connectivity index (χ2v) is 9.21. The molecule has 1 amide bonds. The van der Waals surface area contributed by atoms with Crippen LogP contribution in [0.25, 0.3) is 32.1 Å². The summed E-state index contributed by atoms with van der Waals surface area (Å²) in [5.41, 5.74) is 2.93. The van der Waals surface area contributed by atoms with E-state index in [4.69, 9.17) is 39.2 Å². The number of rotatable bonds is 4. The van der Waals surface area contributed by atoms with Gasteiger partial charge in [0.2, 0.25) is 0 Å². The van der Waals surface area contributed by atoms with Crippen molar-refractivity contribution >= 4 is 68.0 Å². The van der Waals surface area contributed by atoms with E-state index in [0.717, 1.165) is 20.8 Å². The number of nitrogens with zero attached hydrogens (tertiary/aromatic N) is 1. The average molecular weight is 500 g/mol. The van der Waals surface area contributed by atoms with E-state index in [-0.39, 0.29) is 5.76 Å². The third-order valence-electron chi connectivity index (χ3n) is 4.78. The lowest BCUT2D eigenvalue weighted by atomic mass is 10.2. The number of fused-ring (bicyclic) bond motifs is 1. The first-order chi connectivity index (χ1) is 15.5. The van der Waals surface area contributed by atoms with Gasteiger partial charge in [0.25, 0.3) is 5.91 Å². The predicted octanol–water partition coefficient (Wildman–Crippen LogP) is 8.44. The molecule has 0 atom stereocenters. The van der Waals surface area contributed by atoms with Crippen molar-refractivity contribution in [1.29, 1.82) is 0 Å². The summed E-state index contributed by atoms with van der Waals surface area (Å²) in [5.74, 6) is 0.226. The Bertz CT molecular complexity index is 1440. The monoisotopic (exact) mass is 498 g/mol. The number of carbonyl (C=O) groups excluding carboxylic acids is 1. The van der Waals surface area contributed by atoms with Gasteiger partial charge in [0.05, 0.1) is 20.3 Å². The SMILES string of the molecule is O=C(Nc1ccc(-c2nc3ccccc3s2)c(Cl)c1)c1ccc(-c2ccc(Cl)cc2Cl)o1. The molecule has 0 fully saturated rings. The highest BCUT2D eigenvalue weighted by molar-refractivity contribution is 7.21. The van der Waals surface area contributed by atoms with E-state index < -0.39 is 5.91 Å². The molecule has 5 aromatic rings. The van der Waals surface area contributed by atoms with Crippen LogP contribution < -0.4 is 5.32 Å². The molecular formula is C24H13Cl3N2O2S. The molecular weight excluding hydrogens is 487 g/mol. The van der Waals surface area contributed by atoms with Gasteiger partial charge in [-0.2, -0.15) is 0 Å². The molecule has 0 saturated heterocycles. The Labute approximate surface area is 202 Å². The van der Waals surface area contributed by atoms with Crippen molar-refractivity contribution < 1.29 is 9.21 Å². The number of hydrogen-bond donors (Lipinski definition) is 1. The molecule has 0 aliphatic rings. The van der Waals surface area contributed by atoms with Crippen molar-refractivity contribution in [1.82, 2.24) is 4.98 Å². The van der Waals surface area contributed by atoms with E-state index >= 15 is 0 Å². The Kier molecular flexibility index (Phi) is 5.66. The third kappa shape index (κ3) is 4.12. The molecule has 0 bridgehead atoms. The van der Waals surface area contributed by atoms with E-state index in [9.17, 15) is 4.79 Å². The first-order valence-corrected chi connectivity index (χ1v) is 11.4. The molecule has 0 spiro atoms. The highest BCUT2D eigenvalue weighted by Gasteiger charge is 2.16. The van der Waals surface area contributed by atoms with Gasteiger partial charge in [-0.05, 0) is 60.7 Å². The fourth-order valence-corrected chi connectivity index (χ4v) is 5.07. The van der Waals surface area contributed by atoms with Crippen LogP contribution in [0.15, 0.2) is 77.2 Å². The Balaban J connectivity index is 1.36. The van der Waals surface area contributed by atoms with Gasteiger partial charge in [0.1, 0.15) is 10.8 Å². The van der Waals surface area contributed by atoms with Crippen LogP contribution in [0.2, 0.25) is 15.1 Å². The Morgan fingerprint density at radius 3 is 2.44 bits per heavy atom. The Morgan fingerprint density at radius 1 is 0.875 bits per heavy atom. The second kappa shape index (κ2) is 8.60. The van der Waals surface area contributed by atoms with Gasteiger partial charge in [0, 0.05) is 21.8 Å². The highest BCUT2D eigenvalue weighted by Crippen LogP contribution is 2.36. The fourth-order valence-electron chi connectivity index (χ4n) is 3.24. The van der Waals surface area contributed by atoms with Crippen molar-refractivity contribution in [2.75, 3.05) is 5.32 Å². The minimum atomic E-state index is -0.398. The number of amides is 1. The summed E-state index contributed by atoms with van der Waals surface area (Å²) in [7, 11) is 0. The minimum Gasteiger partial charge on any atom is -0.451 e. The maximum atomic E-state index is 12.7. The van der Waals surface area contributed by atoms with Crippen LogP contribution in [0.5, 0.6) is 0 Å². The molecule has 0 saturated carbocycles. The second-order valence-electron chi connectivity index (χ2n) is 6.92. The summed E-state index contributed by atoms with van der Waals surface area (Å²) in [4.78, 5) is 17.3. The molecule has 2 heterocycles. The number of halogens is 3. The van der Waals surface area contributed by atoms with Gasteiger partial charge in [-0.3, -0.25) is 4.79 Å². The summed E-state index contributed by atoms with van der Waals surface area (Å²) in [6.45, 7) is 0. The first kappa shape index (κ1) is 21.0. The quantitative estimate of drug-likeness (QED) is 0.270. The van der Waals surface area contributed by atoms with E-state index in [1.54, 1.807) is 53.8 Å². The molecule has 1 N–H and O–H groups in total. The largest absolute Gasteiger partial charge is 0.451 e. The topological polar surface area (TPSA) is 55.1 Å². The van der Waals surface area contributed by atoms with Crippen molar-refractivity contribution in [3.8, 4) is 21.9 Å². The molecule has 5 rings (SSSR count). The average Bonchev–Trinajstić information content (AvgIpc) is 3.41. The standard InChI is InChI=1S/C24H13Cl3N2O2S/c25-13-5-7-15(17(26)11-13)20-9-10-21(31-20)23(30)28-14-6-8-16(18(27)12-14)24-29-19-3-1-2-4-22(19)32-24/h1-12H,(H,28,30). The van der Waals surface area contributed by atoms with Gasteiger partial charge in [0.15, 0.2) is 5.76 Å². The molecule has 0 aliphatic carbocycles. The number of nitrogens with one attached hydrogen (secondary N) is 1. The molecule has 8 heteroatoms. The van der Waals surface area contributed by atoms with Crippen LogP contribution in [0, 0.1) is 0 Å². The molecule has 0 aliphatic heterocycles. The zero-order chi connectivity index (χ0) is 22.2. The normalized spacial score (nSPS) is 11.1. The molecule has 3 aromatic carbocycles. The summed E-state index contributed by atoms with van der Waals surface area (Å²) in [6, 6.07) is 21.6. The van der Waals surface area contributed by atoms with Crippen molar-refractivity contribution in [2.24, 2.45) is 0 Å². The van der Waals surface area contributed by atoms with Crippen molar-refractivity contribution in [3.63, 3.8) is 0 Å². The first-order valence-electron chi connectivity index (χ1n) is 9.50. The van der Waals surface area contributed by atoms with Gasteiger partial charge in [-0.1, -0.05) is 46.9 Å². The molecule has 2 aromatic heterocycles. The lowest BCUT2D eigenvalue weighted by molar-refractivity contribution is 0.0997. The van der Waals surface area contributed by atoms with Crippen LogP contribution in [0.4, 0.5) is 5.69 Å². The summed E-state index contributed by atoms with van der Waals surface area (Å²) in [5, 5.41) is 5.09. The third-order valence-corrected chi connectivity index (χ3v) is 6.71. The Hall–Kier alpha value is -2.83. The number of benzene rings is 3. The predicted molar refractivity (Wildman–Crippen MR) is 132 cm³/mol. The van der Waals surface area contributed by atoms with E-state index in [1.807, 2.05) is 30.3 Å². The number of furan rings is 1. The summed E-state index contributed by atoms with van der Waals surface area (Å²) >= 11 is 20.2. The van der Waals surface area contributed by atoms with Gasteiger partial charge >= 0.3 is 0 Å². The van der Waals surface area contributed by atoms with E-state index in [1.165, 1.54) is 0 Å². The maximum absolute atomic E-state index is 12.7. The summed E-state index contributed by atoms with van der Waals surface area (Å²) in [6.07, 6.45) is 0. The van der Waals surface area contributed by atoms with E-state index in [0.29, 0.717) is 32.1 Å². The zero-order valence-electron chi connectivity index (χ0n) is 16.2. The fraction of sp³-hybridized carbons (Fsp3) is 0. The van der Waals surface area contributed by atoms with Gasteiger partial charge in [-0.15, -0.1) is 11.3 Å². The number of anilines is 1. The number of hydrogen-bond acceptors (Lipinski definition) is 4. The summed E-state index contributed by atoms with van der Waals surface area (Å²) < 4.78 is 6.79. The Morgan fingerprint density at radius 2 is 1.66 bits per heavy atom. The number of para-hydroxylation sites is 1. The number of aromatic nitrogens is 1. The van der Waals surface area contributed by atoms with Crippen LogP contribution in [-0.4, -0.2) is 10.9 Å². The maximum Gasteiger partial charge on any atom is 0.291 e. The molecule has 0 unspecified atom stereocenters. The lowest BCUT2D eigenvalue weighted by Gasteiger charge is -2.06. The molecule has 4 nitrogen and oxygen atoms in total. The van der Waals surface area contributed by atoms with Gasteiger partial charge < -0.3 is 9.73 Å². The number of thiazole rings is 1. The number of carbonyl (C=O) groups is 1. The van der Waals surface area contributed by atoms with Gasteiger partial charge in [-0.25, -0.2) is 4.98 Å². The van der Waals surface area contributed by atoms with Crippen LogP contribution in [0.3, 0.4) is 0 Å². The molecule has 0 radical (unpaired) electrons. The molecule has 32 heavy (non-hydrogen) atoms.